The van der Waals surface area contributed by atoms with Crippen LogP contribution in [0.5, 0.6) is 0 Å². The number of nitrogens with zero attached hydrogens (tertiary/aromatic N) is 3. The van der Waals surface area contributed by atoms with E-state index < -0.39 is 5.41 Å². The van der Waals surface area contributed by atoms with Crippen molar-refractivity contribution in [1.29, 1.82) is 0 Å². The molecule has 0 bridgehead atoms. The molecule has 318 valence electrons. The third-order valence-electron chi connectivity index (χ3n) is 16.0. The predicted molar refractivity (Wildman–Crippen MR) is 285 cm³/mol. The molecule has 3 aliphatic rings. The number of hydrogen-bond acceptors (Lipinski definition) is 1. The van der Waals surface area contributed by atoms with Crippen LogP contribution in [0, 0.1) is 0 Å². The standard InChI is InChI=1S/C64H44BN3/c1-63(2)50-31-20-32-51-60(50)68-61-52(63)37-44(66-56-33-16-12-27-46(56)47-28-13-17-34-57(47)66)39-54(61)65(43-25-10-5-11-26-43)55-40-45(67-58-35-18-14-29-48(58)49-30-15-19-36-59(49)67)38-53(62(55)68)64(51,41-21-6-3-7-22-41)42-23-8-4-9-24-42/h3-40H,1-2H3. The molecule has 68 heavy (non-hydrogen) atoms. The fourth-order valence-corrected chi connectivity index (χ4v) is 13.2. The van der Waals surface area contributed by atoms with Crippen LogP contribution in [-0.4, -0.2) is 15.8 Å². The lowest BCUT2D eigenvalue weighted by molar-refractivity contribution is 0.620. The summed E-state index contributed by atoms with van der Waals surface area (Å²) in [7, 11) is 0. The van der Waals surface area contributed by atoms with Crippen LogP contribution in [-0.2, 0) is 10.8 Å². The van der Waals surface area contributed by atoms with E-state index in [2.05, 4.69) is 258 Å². The first-order valence-electron chi connectivity index (χ1n) is 24.0. The van der Waals surface area contributed by atoms with Crippen molar-refractivity contribution in [3.05, 3.63) is 264 Å². The third kappa shape index (κ3) is 4.74. The van der Waals surface area contributed by atoms with E-state index in [1.165, 1.54) is 116 Å². The van der Waals surface area contributed by atoms with E-state index in [9.17, 15) is 0 Å². The summed E-state index contributed by atoms with van der Waals surface area (Å²) in [4.78, 5) is 2.72. The van der Waals surface area contributed by atoms with Crippen LogP contribution in [0.25, 0.3) is 55.0 Å². The monoisotopic (exact) mass is 865 g/mol. The van der Waals surface area contributed by atoms with Gasteiger partial charge in [-0.2, -0.15) is 0 Å². The van der Waals surface area contributed by atoms with Crippen molar-refractivity contribution >= 4 is 83.8 Å². The topological polar surface area (TPSA) is 13.1 Å². The van der Waals surface area contributed by atoms with Gasteiger partial charge < -0.3 is 14.0 Å². The first kappa shape index (κ1) is 37.8. The molecule has 0 N–H and O–H groups in total. The molecule has 3 aliphatic heterocycles. The maximum absolute atomic E-state index is 2.72. The van der Waals surface area contributed by atoms with Crippen LogP contribution in [0.4, 0.5) is 17.1 Å². The molecule has 0 radical (unpaired) electrons. The lowest BCUT2D eigenvalue weighted by atomic mass is 9.34. The molecule has 0 fully saturated rings. The quantitative estimate of drug-likeness (QED) is 0.157. The Bertz CT molecular complexity index is 3920. The highest BCUT2D eigenvalue weighted by Crippen LogP contribution is 2.64. The van der Waals surface area contributed by atoms with Gasteiger partial charge in [-0.3, -0.25) is 0 Å². The largest absolute Gasteiger partial charge is 0.310 e. The number of anilines is 3. The summed E-state index contributed by atoms with van der Waals surface area (Å²) in [6.07, 6.45) is 0. The van der Waals surface area contributed by atoms with Crippen molar-refractivity contribution in [2.45, 2.75) is 24.7 Å². The van der Waals surface area contributed by atoms with Crippen molar-refractivity contribution in [2.24, 2.45) is 0 Å². The maximum atomic E-state index is 2.72. The lowest BCUT2D eigenvalue weighted by Crippen LogP contribution is -2.60. The molecule has 10 aromatic carbocycles. The lowest BCUT2D eigenvalue weighted by Gasteiger charge is -2.55. The van der Waals surface area contributed by atoms with Gasteiger partial charge in [0.2, 0.25) is 6.71 Å². The molecule has 5 heterocycles. The van der Waals surface area contributed by atoms with E-state index in [0.717, 1.165) is 5.69 Å². The van der Waals surface area contributed by atoms with Crippen LogP contribution in [0.15, 0.2) is 231 Å². The molecule has 0 atom stereocenters. The van der Waals surface area contributed by atoms with Crippen LogP contribution < -0.4 is 21.3 Å². The van der Waals surface area contributed by atoms with Crippen molar-refractivity contribution in [2.75, 3.05) is 4.90 Å². The van der Waals surface area contributed by atoms with Gasteiger partial charge in [-0.05, 0) is 92.8 Å². The maximum Gasteiger partial charge on any atom is 0.246 e. The average molecular weight is 866 g/mol. The van der Waals surface area contributed by atoms with Crippen LogP contribution in [0.2, 0.25) is 0 Å². The molecule has 12 aromatic rings. The Labute approximate surface area is 395 Å². The van der Waals surface area contributed by atoms with Crippen molar-refractivity contribution in [3.63, 3.8) is 0 Å². The molecule has 15 rings (SSSR count). The number of rotatable bonds is 5. The second-order valence-electron chi connectivity index (χ2n) is 19.6. The molecule has 0 unspecified atom stereocenters. The van der Waals surface area contributed by atoms with Gasteiger partial charge in [-0.25, -0.2) is 0 Å². The van der Waals surface area contributed by atoms with E-state index in [0.29, 0.717) is 0 Å². The van der Waals surface area contributed by atoms with Gasteiger partial charge in [0.25, 0.3) is 0 Å². The molecule has 4 heteroatoms. The molecule has 2 aromatic heterocycles. The van der Waals surface area contributed by atoms with Crippen LogP contribution >= 0.6 is 0 Å². The molecule has 0 saturated carbocycles. The van der Waals surface area contributed by atoms with Gasteiger partial charge >= 0.3 is 0 Å². The Morgan fingerprint density at radius 3 is 1.22 bits per heavy atom. The minimum absolute atomic E-state index is 0.0945. The second-order valence-corrected chi connectivity index (χ2v) is 19.6. The minimum Gasteiger partial charge on any atom is -0.310 e. The van der Waals surface area contributed by atoms with E-state index in [-0.39, 0.29) is 12.1 Å². The first-order chi connectivity index (χ1) is 33.5. The van der Waals surface area contributed by atoms with E-state index in [1.54, 1.807) is 0 Å². The van der Waals surface area contributed by atoms with Gasteiger partial charge in [-0.15, -0.1) is 0 Å². The molecule has 0 aliphatic carbocycles. The number of benzene rings is 10. The van der Waals surface area contributed by atoms with Gasteiger partial charge in [0.15, 0.2) is 0 Å². The number of hydrogen-bond donors (Lipinski definition) is 0. The average Bonchev–Trinajstić information content (AvgIpc) is 3.92. The van der Waals surface area contributed by atoms with Crippen molar-refractivity contribution < 1.29 is 0 Å². The summed E-state index contributed by atoms with van der Waals surface area (Å²) in [6.45, 7) is 4.83. The third-order valence-corrected chi connectivity index (χ3v) is 16.0. The smallest absolute Gasteiger partial charge is 0.246 e. The number of fused-ring (bicyclic) bond motifs is 6. The molecule has 0 amide bonds. The predicted octanol–water partition coefficient (Wildman–Crippen LogP) is 13.5. The highest BCUT2D eigenvalue weighted by molar-refractivity contribution is 6.98. The molecule has 0 saturated heterocycles. The molecule has 3 nitrogen and oxygen atoms in total. The number of para-hydroxylation sites is 5. The highest BCUT2D eigenvalue weighted by Gasteiger charge is 2.55. The minimum atomic E-state index is -0.668. The fraction of sp³-hybridized carbons (Fsp3) is 0.0625. The summed E-state index contributed by atoms with van der Waals surface area (Å²) >= 11 is 0. The Morgan fingerprint density at radius 2 is 0.735 bits per heavy atom. The Morgan fingerprint density at radius 1 is 0.338 bits per heavy atom. The Balaban J connectivity index is 1.16. The van der Waals surface area contributed by atoms with E-state index in [4.69, 9.17) is 0 Å². The Kier molecular flexibility index (Phi) is 7.58. The summed E-state index contributed by atoms with van der Waals surface area (Å²) in [6, 6.07) is 87.1. The summed E-state index contributed by atoms with van der Waals surface area (Å²) in [5.41, 5.74) is 21.7. The van der Waals surface area contributed by atoms with Crippen molar-refractivity contribution in [3.8, 4) is 11.4 Å². The molecular weight excluding hydrogens is 822 g/mol. The van der Waals surface area contributed by atoms with Crippen LogP contribution in [0.3, 0.4) is 0 Å². The van der Waals surface area contributed by atoms with Crippen molar-refractivity contribution in [1.82, 2.24) is 9.13 Å². The zero-order valence-electron chi connectivity index (χ0n) is 37.9. The van der Waals surface area contributed by atoms with Gasteiger partial charge in [-0.1, -0.05) is 201 Å². The summed E-state index contributed by atoms with van der Waals surface area (Å²) in [5, 5.41) is 5.04. The number of aromatic nitrogens is 2. The fourth-order valence-electron chi connectivity index (χ4n) is 13.2. The summed E-state index contributed by atoms with van der Waals surface area (Å²) < 4.78 is 5.05. The highest BCUT2D eigenvalue weighted by atomic mass is 15.2. The normalized spacial score (nSPS) is 14.8. The van der Waals surface area contributed by atoms with Crippen LogP contribution in [0.1, 0.15) is 47.2 Å². The van der Waals surface area contributed by atoms with E-state index >= 15 is 0 Å². The Hall–Kier alpha value is -8.34. The SMILES string of the molecule is CC1(C)c2cc(-n3c4ccccc4c4ccccc43)cc3c2N2c4c(cc(-n5c6ccccc6c6ccccc65)cc4C(c4ccccc4)(c4ccccc4)c4cccc1c42)B3c1ccccc1. The zero-order valence-corrected chi connectivity index (χ0v) is 37.9. The van der Waals surface area contributed by atoms with Gasteiger partial charge in [0, 0.05) is 49.7 Å². The van der Waals surface area contributed by atoms with Gasteiger partial charge in [0.05, 0.1) is 33.2 Å². The van der Waals surface area contributed by atoms with E-state index in [1.807, 2.05) is 0 Å². The second kappa shape index (κ2) is 13.6. The molecular formula is C64H44BN3. The zero-order chi connectivity index (χ0) is 44.9. The molecule has 0 spiro atoms. The first-order valence-corrected chi connectivity index (χ1v) is 24.0. The summed E-state index contributed by atoms with van der Waals surface area (Å²) in [5.74, 6) is 0. The van der Waals surface area contributed by atoms with Gasteiger partial charge in [0.1, 0.15) is 0 Å².